The first-order valence-electron chi connectivity index (χ1n) is 4.91. The van der Waals surface area contributed by atoms with E-state index in [2.05, 4.69) is 36.7 Å². The van der Waals surface area contributed by atoms with Gasteiger partial charge in [-0.25, -0.2) is 0 Å². The fourth-order valence-electron chi connectivity index (χ4n) is 1.29. The molecule has 0 aromatic carbocycles. The third-order valence-corrected chi connectivity index (χ3v) is 3.37. The van der Waals surface area contributed by atoms with E-state index in [1.54, 1.807) is 11.3 Å². The minimum atomic E-state index is 0.335. The van der Waals surface area contributed by atoms with Gasteiger partial charge in [0, 0.05) is 17.5 Å². The lowest BCUT2D eigenvalue weighted by atomic mass is 10.1. The van der Waals surface area contributed by atoms with E-state index < -0.39 is 0 Å². The summed E-state index contributed by atoms with van der Waals surface area (Å²) in [6.45, 7) is 5.12. The Morgan fingerprint density at radius 2 is 2.43 bits per heavy atom. The van der Waals surface area contributed by atoms with Crippen molar-refractivity contribution in [2.75, 3.05) is 0 Å². The van der Waals surface area contributed by atoms with Gasteiger partial charge < -0.3 is 5.32 Å². The third kappa shape index (κ3) is 3.13. The number of hydrogen-bond acceptors (Lipinski definition) is 3. The molecule has 0 aliphatic heterocycles. The zero-order valence-electron chi connectivity index (χ0n) is 8.71. The van der Waals surface area contributed by atoms with Crippen LogP contribution in [0.4, 0.5) is 0 Å². The molecule has 1 unspecified atom stereocenters. The van der Waals surface area contributed by atoms with Crippen LogP contribution >= 0.6 is 11.3 Å². The van der Waals surface area contributed by atoms with E-state index in [4.69, 9.17) is 5.26 Å². The molecule has 0 saturated carbocycles. The molecule has 0 fully saturated rings. The molecular formula is C11H16N2S. The summed E-state index contributed by atoms with van der Waals surface area (Å²) in [5.41, 5.74) is 1.34. The lowest BCUT2D eigenvalue weighted by molar-refractivity contribution is 0.507. The topological polar surface area (TPSA) is 35.8 Å². The highest BCUT2D eigenvalue weighted by atomic mass is 32.1. The first-order chi connectivity index (χ1) is 6.77. The zero-order chi connectivity index (χ0) is 10.4. The summed E-state index contributed by atoms with van der Waals surface area (Å²) >= 11 is 1.77. The summed E-state index contributed by atoms with van der Waals surface area (Å²) in [5.74, 6) is 0. The van der Waals surface area contributed by atoms with Crippen LogP contribution in [0.5, 0.6) is 0 Å². The average molecular weight is 208 g/mol. The molecule has 1 heterocycles. The van der Waals surface area contributed by atoms with Crippen molar-refractivity contribution in [1.82, 2.24) is 5.32 Å². The Hall–Kier alpha value is -0.850. The van der Waals surface area contributed by atoms with E-state index in [0.29, 0.717) is 12.5 Å². The minimum absolute atomic E-state index is 0.335. The highest BCUT2D eigenvalue weighted by molar-refractivity contribution is 7.10. The molecule has 2 nitrogen and oxygen atoms in total. The smallest absolute Gasteiger partial charge is 0.0638 e. The van der Waals surface area contributed by atoms with Crippen LogP contribution < -0.4 is 5.32 Å². The molecule has 0 aliphatic carbocycles. The van der Waals surface area contributed by atoms with Gasteiger partial charge in [-0.3, -0.25) is 0 Å². The van der Waals surface area contributed by atoms with Gasteiger partial charge in [0.2, 0.25) is 0 Å². The van der Waals surface area contributed by atoms with Crippen LogP contribution in [-0.2, 0) is 6.54 Å². The van der Waals surface area contributed by atoms with E-state index in [9.17, 15) is 0 Å². The number of nitrogens with one attached hydrogen (secondary N) is 1. The predicted octanol–water partition coefficient (Wildman–Crippen LogP) is 2.84. The Bertz CT molecular complexity index is 311. The first kappa shape index (κ1) is 11.2. The fraction of sp³-hybridized carbons (Fsp3) is 0.545. The van der Waals surface area contributed by atoms with Gasteiger partial charge in [0.05, 0.1) is 12.5 Å². The SMILES string of the molecule is CCC(CC#N)NCc1sccc1C. The molecule has 76 valence electrons. The summed E-state index contributed by atoms with van der Waals surface area (Å²) in [5, 5.41) is 14.1. The third-order valence-electron chi connectivity index (χ3n) is 2.35. The summed E-state index contributed by atoms with van der Waals surface area (Å²) < 4.78 is 0. The molecule has 3 heteroatoms. The quantitative estimate of drug-likeness (QED) is 0.807. The van der Waals surface area contributed by atoms with Crippen molar-refractivity contribution in [2.45, 2.75) is 39.3 Å². The second-order valence-electron chi connectivity index (χ2n) is 3.38. The maximum absolute atomic E-state index is 8.59. The number of hydrogen-bond donors (Lipinski definition) is 1. The molecular weight excluding hydrogens is 192 g/mol. The molecule has 0 amide bonds. The lowest BCUT2D eigenvalue weighted by Gasteiger charge is -2.12. The van der Waals surface area contributed by atoms with Crippen LogP contribution in [0.15, 0.2) is 11.4 Å². The van der Waals surface area contributed by atoms with Gasteiger partial charge in [-0.2, -0.15) is 5.26 Å². The van der Waals surface area contributed by atoms with Gasteiger partial charge in [-0.15, -0.1) is 11.3 Å². The predicted molar refractivity (Wildman–Crippen MR) is 60.2 cm³/mol. The number of rotatable bonds is 5. The molecule has 1 rings (SSSR count). The Kier molecular flexibility index (Phi) is 4.64. The van der Waals surface area contributed by atoms with E-state index in [1.165, 1.54) is 10.4 Å². The van der Waals surface area contributed by atoms with Crippen LogP contribution in [0, 0.1) is 18.3 Å². The van der Waals surface area contributed by atoms with Crippen molar-refractivity contribution < 1.29 is 0 Å². The second-order valence-corrected chi connectivity index (χ2v) is 4.38. The van der Waals surface area contributed by atoms with Crippen molar-refractivity contribution in [3.8, 4) is 6.07 Å². The first-order valence-corrected chi connectivity index (χ1v) is 5.79. The van der Waals surface area contributed by atoms with Gasteiger partial charge in [-0.1, -0.05) is 6.92 Å². The molecule has 1 N–H and O–H groups in total. The number of thiophene rings is 1. The lowest BCUT2D eigenvalue weighted by Crippen LogP contribution is -2.27. The molecule has 0 aliphatic rings. The number of aryl methyl sites for hydroxylation is 1. The Labute approximate surface area is 89.6 Å². The molecule has 0 radical (unpaired) electrons. The number of nitrogens with zero attached hydrogens (tertiary/aromatic N) is 1. The van der Waals surface area contributed by atoms with E-state index >= 15 is 0 Å². The van der Waals surface area contributed by atoms with Crippen LogP contribution in [0.3, 0.4) is 0 Å². The van der Waals surface area contributed by atoms with Crippen molar-refractivity contribution >= 4 is 11.3 Å². The van der Waals surface area contributed by atoms with Crippen molar-refractivity contribution in [2.24, 2.45) is 0 Å². The van der Waals surface area contributed by atoms with E-state index in [-0.39, 0.29) is 0 Å². The zero-order valence-corrected chi connectivity index (χ0v) is 9.53. The maximum atomic E-state index is 8.59. The van der Waals surface area contributed by atoms with E-state index in [1.807, 2.05) is 0 Å². The van der Waals surface area contributed by atoms with Gasteiger partial charge in [0.1, 0.15) is 0 Å². The Morgan fingerprint density at radius 1 is 1.64 bits per heavy atom. The van der Waals surface area contributed by atoms with Gasteiger partial charge in [-0.05, 0) is 30.4 Å². The van der Waals surface area contributed by atoms with Crippen LogP contribution in [-0.4, -0.2) is 6.04 Å². The largest absolute Gasteiger partial charge is 0.308 e. The highest BCUT2D eigenvalue weighted by Gasteiger charge is 2.06. The second kappa shape index (κ2) is 5.79. The van der Waals surface area contributed by atoms with Gasteiger partial charge in [0.25, 0.3) is 0 Å². The van der Waals surface area contributed by atoms with Gasteiger partial charge >= 0.3 is 0 Å². The molecule has 0 saturated heterocycles. The monoisotopic (exact) mass is 208 g/mol. The molecule has 1 atom stereocenters. The fourth-order valence-corrected chi connectivity index (χ4v) is 2.15. The van der Waals surface area contributed by atoms with Crippen molar-refractivity contribution in [1.29, 1.82) is 5.26 Å². The molecule has 1 aromatic heterocycles. The van der Waals surface area contributed by atoms with Crippen molar-refractivity contribution in [3.63, 3.8) is 0 Å². The molecule has 0 bridgehead atoms. The molecule has 1 aromatic rings. The van der Waals surface area contributed by atoms with Crippen LogP contribution in [0.2, 0.25) is 0 Å². The highest BCUT2D eigenvalue weighted by Crippen LogP contribution is 2.15. The average Bonchev–Trinajstić information content (AvgIpc) is 2.59. The van der Waals surface area contributed by atoms with Crippen molar-refractivity contribution in [3.05, 3.63) is 21.9 Å². The van der Waals surface area contributed by atoms with Crippen LogP contribution in [0.1, 0.15) is 30.2 Å². The summed E-state index contributed by atoms with van der Waals surface area (Å²) in [4.78, 5) is 1.38. The summed E-state index contributed by atoms with van der Waals surface area (Å²) in [7, 11) is 0. The maximum Gasteiger partial charge on any atom is 0.0638 e. The number of nitriles is 1. The molecule has 14 heavy (non-hydrogen) atoms. The summed E-state index contributed by atoms with van der Waals surface area (Å²) in [6.07, 6.45) is 1.61. The van der Waals surface area contributed by atoms with Gasteiger partial charge in [0.15, 0.2) is 0 Å². The van der Waals surface area contributed by atoms with E-state index in [0.717, 1.165) is 13.0 Å². The standard InChI is InChI=1S/C11H16N2S/c1-3-10(4-6-12)13-8-11-9(2)5-7-14-11/h5,7,10,13H,3-4,8H2,1-2H3. The normalized spacial score (nSPS) is 12.4. The van der Waals surface area contributed by atoms with Crippen LogP contribution in [0.25, 0.3) is 0 Å². The molecule has 0 spiro atoms. The Morgan fingerprint density at radius 3 is 2.93 bits per heavy atom. The Balaban J connectivity index is 2.40. The minimum Gasteiger partial charge on any atom is -0.308 e. The summed E-state index contributed by atoms with van der Waals surface area (Å²) in [6, 6.07) is 4.67.